The van der Waals surface area contributed by atoms with Crippen molar-refractivity contribution in [3.63, 3.8) is 0 Å². The van der Waals surface area contributed by atoms with Crippen molar-refractivity contribution >= 4 is 11.9 Å². The fourth-order valence-corrected chi connectivity index (χ4v) is 0.924. The number of aromatic hydroxyl groups is 1. The van der Waals surface area contributed by atoms with Gasteiger partial charge in [0.1, 0.15) is 0 Å². The van der Waals surface area contributed by atoms with Crippen LogP contribution in [0.5, 0.6) is 5.75 Å². The molecule has 0 radical (unpaired) electrons. The fourth-order valence-electron chi connectivity index (χ4n) is 0.924. The number of nitrogens with two attached hydrogens (primary N) is 1. The van der Waals surface area contributed by atoms with Gasteiger partial charge in [-0.2, -0.15) is 0 Å². The summed E-state index contributed by atoms with van der Waals surface area (Å²) in [6.07, 6.45) is 0. The molecule has 8 heteroatoms. The first-order chi connectivity index (χ1) is 7.47. The van der Waals surface area contributed by atoms with Gasteiger partial charge in [-0.25, -0.2) is 4.79 Å². The van der Waals surface area contributed by atoms with E-state index in [2.05, 4.69) is 9.73 Å². The number of hydrogen-bond acceptors (Lipinski definition) is 6. The molecule has 0 fully saturated rings. The van der Waals surface area contributed by atoms with Crippen LogP contribution in [0.2, 0.25) is 0 Å². The molecule has 1 aromatic heterocycles. The molecule has 86 valence electrons. The lowest BCUT2D eigenvalue weighted by Gasteiger charge is -2.03. The molecule has 1 amide bonds. The molecule has 1 heterocycles. The molecule has 0 unspecified atom stereocenters. The minimum absolute atomic E-state index is 0.203. The van der Waals surface area contributed by atoms with Gasteiger partial charge in [0.2, 0.25) is 11.2 Å². The second kappa shape index (κ2) is 4.45. The Kier molecular flexibility index (Phi) is 3.26. The van der Waals surface area contributed by atoms with Crippen molar-refractivity contribution < 1.29 is 24.2 Å². The topological polar surface area (TPSA) is 143 Å². The molecule has 16 heavy (non-hydrogen) atoms. The second-order valence-corrected chi connectivity index (χ2v) is 2.67. The number of aromatic carboxylic acids is 1. The third-order valence-corrected chi connectivity index (χ3v) is 1.60. The first-order valence-corrected chi connectivity index (χ1v) is 4.06. The maximum atomic E-state index is 11.2. The van der Waals surface area contributed by atoms with Crippen molar-refractivity contribution in [2.45, 2.75) is 0 Å². The molecule has 0 spiro atoms. The highest BCUT2D eigenvalue weighted by atomic mass is 16.4. The minimum Gasteiger partial charge on any atom is -0.501 e. The third-order valence-electron chi connectivity index (χ3n) is 1.60. The molecular weight excluding hydrogens is 220 g/mol. The van der Waals surface area contributed by atoms with E-state index in [0.717, 1.165) is 0 Å². The van der Waals surface area contributed by atoms with Gasteiger partial charge in [0, 0.05) is 6.07 Å². The van der Waals surface area contributed by atoms with Crippen molar-refractivity contribution in [2.24, 2.45) is 5.73 Å². The van der Waals surface area contributed by atoms with Crippen LogP contribution in [-0.4, -0.2) is 28.8 Å². The van der Waals surface area contributed by atoms with Gasteiger partial charge in [0.25, 0.3) is 11.7 Å². The molecule has 5 N–H and O–H groups in total. The number of carbonyl (C=O) groups excluding carboxylic acids is 1. The van der Waals surface area contributed by atoms with Crippen molar-refractivity contribution in [3.8, 4) is 5.75 Å². The SMILES string of the molecule is NCNC(=O)c1cc(=O)c(O)c(C(=O)O)o1. The summed E-state index contributed by atoms with van der Waals surface area (Å²) in [7, 11) is 0. The van der Waals surface area contributed by atoms with E-state index in [1.54, 1.807) is 0 Å². The standard InChI is InChI=1S/C8H8N2O6/c9-2-10-7(13)4-1-3(11)5(12)6(16-4)8(14)15/h1,12H,2,9H2,(H,10,13)(H,14,15). The third kappa shape index (κ3) is 2.17. The van der Waals surface area contributed by atoms with E-state index < -0.39 is 34.6 Å². The van der Waals surface area contributed by atoms with Crippen LogP contribution < -0.4 is 16.5 Å². The van der Waals surface area contributed by atoms with Gasteiger partial charge in [0.05, 0.1) is 6.67 Å². The lowest BCUT2D eigenvalue weighted by Crippen LogP contribution is -2.30. The normalized spacial score (nSPS) is 9.81. The zero-order valence-electron chi connectivity index (χ0n) is 7.89. The summed E-state index contributed by atoms with van der Waals surface area (Å²) in [5.74, 6) is -5.09. The summed E-state index contributed by atoms with van der Waals surface area (Å²) in [6.45, 7) is -0.203. The lowest BCUT2D eigenvalue weighted by molar-refractivity contribution is 0.0649. The summed E-state index contributed by atoms with van der Waals surface area (Å²) in [5.41, 5.74) is 3.99. The summed E-state index contributed by atoms with van der Waals surface area (Å²) in [5, 5.41) is 19.7. The van der Waals surface area contributed by atoms with Gasteiger partial charge in [-0.1, -0.05) is 0 Å². The number of nitrogens with one attached hydrogen (secondary N) is 1. The van der Waals surface area contributed by atoms with Crippen LogP contribution >= 0.6 is 0 Å². The lowest BCUT2D eigenvalue weighted by atomic mass is 10.3. The first-order valence-electron chi connectivity index (χ1n) is 4.06. The van der Waals surface area contributed by atoms with E-state index in [0.29, 0.717) is 6.07 Å². The Labute approximate surface area is 88.3 Å². The highest BCUT2D eigenvalue weighted by Crippen LogP contribution is 2.13. The molecule has 0 aliphatic carbocycles. The van der Waals surface area contributed by atoms with Gasteiger partial charge in [-0.05, 0) is 0 Å². The Morgan fingerprint density at radius 1 is 1.50 bits per heavy atom. The Bertz CT molecular complexity index is 492. The Morgan fingerprint density at radius 3 is 2.62 bits per heavy atom. The zero-order chi connectivity index (χ0) is 12.3. The molecule has 0 aliphatic rings. The minimum atomic E-state index is -1.66. The Balaban J connectivity index is 3.29. The molecular formula is C8H8N2O6. The van der Waals surface area contributed by atoms with Crippen LogP contribution in [0.4, 0.5) is 0 Å². The molecule has 8 nitrogen and oxygen atoms in total. The number of amides is 1. The van der Waals surface area contributed by atoms with Gasteiger partial charge in [-0.15, -0.1) is 0 Å². The monoisotopic (exact) mass is 228 g/mol. The highest BCUT2D eigenvalue weighted by Gasteiger charge is 2.20. The van der Waals surface area contributed by atoms with E-state index >= 15 is 0 Å². The molecule has 0 saturated carbocycles. The average Bonchev–Trinajstić information content (AvgIpc) is 2.21. The van der Waals surface area contributed by atoms with E-state index in [1.165, 1.54) is 0 Å². The molecule has 0 atom stereocenters. The van der Waals surface area contributed by atoms with Crippen LogP contribution in [0.25, 0.3) is 0 Å². The molecule has 0 saturated heterocycles. The van der Waals surface area contributed by atoms with Gasteiger partial charge in [0.15, 0.2) is 5.76 Å². The number of carboxylic acid groups (broad SMARTS) is 1. The second-order valence-electron chi connectivity index (χ2n) is 2.67. The number of hydrogen-bond donors (Lipinski definition) is 4. The van der Waals surface area contributed by atoms with E-state index in [4.69, 9.17) is 15.9 Å². The van der Waals surface area contributed by atoms with Crippen molar-refractivity contribution in [1.29, 1.82) is 0 Å². The van der Waals surface area contributed by atoms with Crippen LogP contribution in [-0.2, 0) is 0 Å². The van der Waals surface area contributed by atoms with E-state index in [1.807, 2.05) is 0 Å². The quantitative estimate of drug-likeness (QED) is 0.470. The summed E-state index contributed by atoms with van der Waals surface area (Å²) >= 11 is 0. The van der Waals surface area contributed by atoms with E-state index in [9.17, 15) is 14.4 Å². The van der Waals surface area contributed by atoms with Gasteiger partial charge >= 0.3 is 5.97 Å². The molecule has 0 aromatic carbocycles. The predicted octanol–water partition coefficient (Wildman–Crippen LogP) is -1.31. The smallest absolute Gasteiger partial charge is 0.375 e. The highest BCUT2D eigenvalue weighted by molar-refractivity contribution is 5.93. The largest absolute Gasteiger partial charge is 0.501 e. The van der Waals surface area contributed by atoms with Crippen molar-refractivity contribution in [2.75, 3.05) is 6.67 Å². The number of rotatable bonds is 3. The van der Waals surface area contributed by atoms with Crippen molar-refractivity contribution in [1.82, 2.24) is 5.32 Å². The van der Waals surface area contributed by atoms with Crippen molar-refractivity contribution in [3.05, 3.63) is 27.8 Å². The van der Waals surface area contributed by atoms with Crippen LogP contribution in [0, 0.1) is 0 Å². The van der Waals surface area contributed by atoms with Crippen LogP contribution in [0.1, 0.15) is 21.1 Å². The van der Waals surface area contributed by atoms with Gasteiger partial charge in [-0.3, -0.25) is 9.59 Å². The predicted molar refractivity (Wildman–Crippen MR) is 50.1 cm³/mol. The van der Waals surface area contributed by atoms with E-state index in [-0.39, 0.29) is 6.67 Å². The molecule has 1 aromatic rings. The average molecular weight is 228 g/mol. The number of carboxylic acids is 1. The maximum Gasteiger partial charge on any atom is 0.375 e. The number of carbonyl (C=O) groups is 2. The Morgan fingerprint density at radius 2 is 2.12 bits per heavy atom. The summed E-state index contributed by atoms with van der Waals surface area (Å²) in [6, 6.07) is 0.673. The molecule has 0 aliphatic heterocycles. The molecule has 1 rings (SSSR count). The summed E-state index contributed by atoms with van der Waals surface area (Å²) < 4.78 is 4.55. The molecule has 0 bridgehead atoms. The summed E-state index contributed by atoms with van der Waals surface area (Å²) in [4.78, 5) is 32.8. The first kappa shape index (κ1) is 11.7. The maximum absolute atomic E-state index is 11.2. The zero-order valence-corrected chi connectivity index (χ0v) is 7.89. The fraction of sp³-hybridized carbons (Fsp3) is 0.125. The van der Waals surface area contributed by atoms with Crippen LogP contribution in [0.15, 0.2) is 15.3 Å². The van der Waals surface area contributed by atoms with Gasteiger partial charge < -0.3 is 25.7 Å². The van der Waals surface area contributed by atoms with Crippen LogP contribution in [0.3, 0.4) is 0 Å². The Hall–Kier alpha value is -2.35.